The molecular weight excluding hydrogens is 384 g/mol. The number of amides is 2. The molecule has 1 aromatic heterocycles. The highest BCUT2D eigenvalue weighted by Crippen LogP contribution is 2.36. The van der Waals surface area contributed by atoms with E-state index in [0.29, 0.717) is 22.3 Å². The van der Waals surface area contributed by atoms with Gasteiger partial charge in [0.2, 0.25) is 16.9 Å². The van der Waals surface area contributed by atoms with Gasteiger partial charge >= 0.3 is 0 Å². The summed E-state index contributed by atoms with van der Waals surface area (Å²) in [6, 6.07) is -0.0681. The second-order valence-corrected chi connectivity index (χ2v) is 10.6. The fraction of sp³-hybridized carbons (Fsp3) is 0.714. The third-order valence-corrected chi connectivity index (χ3v) is 7.83. The number of thioether (sulfide) groups is 1. The van der Waals surface area contributed by atoms with Crippen molar-refractivity contribution in [2.75, 3.05) is 22.2 Å². The minimum atomic E-state index is -3.01. The number of hydrogen-bond donors (Lipinski definition) is 1. The largest absolute Gasteiger partial charge is 0.352 e. The maximum atomic E-state index is 12.1. The van der Waals surface area contributed by atoms with Crippen molar-refractivity contribution in [2.45, 2.75) is 49.0 Å². The van der Waals surface area contributed by atoms with Gasteiger partial charge in [-0.25, -0.2) is 8.42 Å². The van der Waals surface area contributed by atoms with E-state index in [1.807, 2.05) is 6.92 Å². The average molecular weight is 405 g/mol. The van der Waals surface area contributed by atoms with Gasteiger partial charge in [0.05, 0.1) is 17.3 Å². The number of aromatic nitrogens is 2. The van der Waals surface area contributed by atoms with Gasteiger partial charge in [-0.2, -0.15) is 0 Å². The van der Waals surface area contributed by atoms with Crippen molar-refractivity contribution >= 4 is 49.9 Å². The Hall–Kier alpha value is -1.20. The summed E-state index contributed by atoms with van der Waals surface area (Å²) >= 11 is 2.55. The second-order valence-electron chi connectivity index (χ2n) is 6.16. The Labute approximate surface area is 154 Å². The first-order valence-corrected chi connectivity index (χ1v) is 11.8. The van der Waals surface area contributed by atoms with Crippen LogP contribution in [0, 0.1) is 0 Å². The highest BCUT2D eigenvalue weighted by molar-refractivity contribution is 8.01. The van der Waals surface area contributed by atoms with Crippen molar-refractivity contribution in [1.29, 1.82) is 0 Å². The number of carbonyl (C=O) groups is 2. The van der Waals surface area contributed by atoms with E-state index in [1.165, 1.54) is 23.1 Å². The van der Waals surface area contributed by atoms with Crippen molar-refractivity contribution < 1.29 is 18.0 Å². The molecule has 1 N–H and O–H groups in total. The van der Waals surface area contributed by atoms with Crippen LogP contribution in [-0.4, -0.2) is 59.8 Å². The van der Waals surface area contributed by atoms with E-state index in [1.54, 1.807) is 4.90 Å². The molecule has 11 heteroatoms. The lowest BCUT2D eigenvalue weighted by Gasteiger charge is -2.17. The molecule has 1 unspecified atom stereocenters. The predicted molar refractivity (Wildman–Crippen MR) is 96.6 cm³/mol. The van der Waals surface area contributed by atoms with Gasteiger partial charge < -0.3 is 5.32 Å². The first-order chi connectivity index (χ1) is 11.9. The van der Waals surface area contributed by atoms with Crippen molar-refractivity contribution in [3.8, 4) is 0 Å². The summed E-state index contributed by atoms with van der Waals surface area (Å²) in [6.07, 6.45) is 2.86. The van der Waals surface area contributed by atoms with Crippen LogP contribution in [0.5, 0.6) is 0 Å². The van der Waals surface area contributed by atoms with Gasteiger partial charge in [0.15, 0.2) is 14.2 Å². The van der Waals surface area contributed by atoms with E-state index in [4.69, 9.17) is 0 Å². The van der Waals surface area contributed by atoms with Gasteiger partial charge in [-0.15, -0.1) is 10.2 Å². The maximum Gasteiger partial charge on any atom is 0.230 e. The summed E-state index contributed by atoms with van der Waals surface area (Å²) in [7, 11) is -3.01. The highest BCUT2D eigenvalue weighted by atomic mass is 32.2. The van der Waals surface area contributed by atoms with E-state index in [-0.39, 0.29) is 41.2 Å². The molecule has 2 aliphatic rings. The van der Waals surface area contributed by atoms with Crippen LogP contribution in [0.15, 0.2) is 4.34 Å². The molecule has 1 saturated heterocycles. The predicted octanol–water partition coefficient (Wildman–Crippen LogP) is 0.839. The average Bonchev–Trinajstić information content (AvgIpc) is 3.17. The molecule has 0 bridgehead atoms. The number of anilines is 1. The van der Waals surface area contributed by atoms with Crippen LogP contribution in [0.3, 0.4) is 0 Å². The van der Waals surface area contributed by atoms with Crippen LogP contribution < -0.4 is 10.2 Å². The van der Waals surface area contributed by atoms with Crippen molar-refractivity contribution in [3.63, 3.8) is 0 Å². The molecule has 1 atom stereocenters. The fourth-order valence-corrected chi connectivity index (χ4v) is 6.05. The Morgan fingerprint density at radius 1 is 1.32 bits per heavy atom. The van der Waals surface area contributed by atoms with Gasteiger partial charge in [-0.1, -0.05) is 30.0 Å². The first-order valence-electron chi connectivity index (χ1n) is 8.16. The van der Waals surface area contributed by atoms with E-state index >= 15 is 0 Å². The summed E-state index contributed by atoms with van der Waals surface area (Å²) in [4.78, 5) is 25.7. The minimum Gasteiger partial charge on any atom is -0.352 e. The molecule has 0 spiro atoms. The van der Waals surface area contributed by atoms with Crippen LogP contribution in [0.25, 0.3) is 0 Å². The van der Waals surface area contributed by atoms with Gasteiger partial charge in [0, 0.05) is 18.5 Å². The van der Waals surface area contributed by atoms with Gasteiger partial charge in [-0.05, 0) is 19.3 Å². The maximum absolute atomic E-state index is 12.1. The Balaban J connectivity index is 1.51. The number of nitrogens with zero attached hydrogens (tertiary/aromatic N) is 3. The topological polar surface area (TPSA) is 109 Å². The molecule has 1 aliphatic heterocycles. The quantitative estimate of drug-likeness (QED) is 0.530. The molecule has 25 heavy (non-hydrogen) atoms. The van der Waals surface area contributed by atoms with Crippen LogP contribution in [-0.2, 0) is 19.4 Å². The van der Waals surface area contributed by atoms with Gasteiger partial charge in [0.1, 0.15) is 0 Å². The Bertz CT molecular complexity index is 760. The lowest BCUT2D eigenvalue weighted by atomic mass is 10.3. The van der Waals surface area contributed by atoms with Crippen LogP contribution >= 0.6 is 23.1 Å². The molecule has 1 aliphatic carbocycles. The molecule has 1 aromatic rings. The fourth-order valence-electron chi connectivity index (χ4n) is 2.63. The zero-order valence-electron chi connectivity index (χ0n) is 13.8. The third-order valence-electron chi connectivity index (χ3n) is 4.01. The molecule has 8 nitrogen and oxygen atoms in total. The summed E-state index contributed by atoms with van der Waals surface area (Å²) in [5.74, 6) is 0.119. The first kappa shape index (κ1) is 18.6. The normalized spacial score (nSPS) is 21.9. The molecule has 138 valence electrons. The van der Waals surface area contributed by atoms with Crippen LogP contribution in [0.2, 0.25) is 0 Å². The minimum absolute atomic E-state index is 0.0157. The smallest absolute Gasteiger partial charge is 0.230 e. The third kappa shape index (κ3) is 4.91. The molecule has 2 heterocycles. The van der Waals surface area contributed by atoms with Crippen molar-refractivity contribution in [3.05, 3.63) is 0 Å². The summed E-state index contributed by atoms with van der Waals surface area (Å²) in [5, 5.41) is 11.5. The molecule has 1 saturated carbocycles. The zero-order valence-corrected chi connectivity index (χ0v) is 16.3. The number of hydrogen-bond acceptors (Lipinski definition) is 8. The number of carbonyl (C=O) groups excluding carboxylic acids is 2. The highest BCUT2D eigenvalue weighted by Gasteiger charge is 2.35. The SMILES string of the molecule is CCC(=O)N(c1nnc(SCC(=O)NC2CCS(=O)(=O)C2)s1)C1CC1. The molecule has 0 radical (unpaired) electrons. The standard InChI is InChI=1S/C14H20N4O4S3/c1-2-12(20)18(10-3-4-10)13-16-17-14(24-13)23-7-11(19)15-9-5-6-25(21,22)8-9/h9-10H,2-8H2,1H3,(H,15,19). The van der Waals surface area contributed by atoms with Crippen LogP contribution in [0.1, 0.15) is 32.6 Å². The number of rotatable bonds is 7. The van der Waals surface area contributed by atoms with E-state index in [0.717, 1.165) is 12.8 Å². The summed E-state index contributed by atoms with van der Waals surface area (Å²) in [5.41, 5.74) is 0. The second kappa shape index (κ2) is 7.58. The Morgan fingerprint density at radius 2 is 2.08 bits per heavy atom. The van der Waals surface area contributed by atoms with E-state index in [2.05, 4.69) is 15.5 Å². The molecule has 2 fully saturated rings. The van der Waals surface area contributed by atoms with Crippen molar-refractivity contribution in [1.82, 2.24) is 15.5 Å². The molecule has 3 rings (SSSR count). The lowest BCUT2D eigenvalue weighted by molar-refractivity contribution is -0.119. The Morgan fingerprint density at radius 3 is 2.68 bits per heavy atom. The zero-order chi connectivity index (χ0) is 18.0. The lowest BCUT2D eigenvalue weighted by Crippen LogP contribution is -2.36. The van der Waals surface area contributed by atoms with Crippen LogP contribution in [0.4, 0.5) is 5.13 Å². The number of sulfone groups is 1. The van der Waals surface area contributed by atoms with Gasteiger partial charge in [-0.3, -0.25) is 14.5 Å². The molecule has 2 amide bonds. The molecule has 0 aromatic carbocycles. The number of nitrogens with one attached hydrogen (secondary N) is 1. The van der Waals surface area contributed by atoms with E-state index in [9.17, 15) is 18.0 Å². The monoisotopic (exact) mass is 404 g/mol. The summed E-state index contributed by atoms with van der Waals surface area (Å²) in [6.45, 7) is 1.82. The van der Waals surface area contributed by atoms with Gasteiger partial charge in [0.25, 0.3) is 0 Å². The molecular formula is C14H20N4O4S3. The summed E-state index contributed by atoms with van der Waals surface area (Å²) < 4.78 is 23.4. The van der Waals surface area contributed by atoms with Crippen molar-refractivity contribution in [2.24, 2.45) is 0 Å². The Kier molecular flexibility index (Phi) is 5.64. The van der Waals surface area contributed by atoms with E-state index < -0.39 is 9.84 Å².